The molecular weight excluding hydrogens is 496 g/mol. The third kappa shape index (κ3) is 5.49. The number of amides is 3. The van der Waals surface area contributed by atoms with Gasteiger partial charge in [0.1, 0.15) is 17.5 Å². The predicted octanol–water partition coefficient (Wildman–Crippen LogP) is 3.19. The van der Waals surface area contributed by atoms with Gasteiger partial charge in [-0.05, 0) is 55.0 Å². The van der Waals surface area contributed by atoms with E-state index in [1.807, 2.05) is 31.2 Å². The van der Waals surface area contributed by atoms with E-state index in [-0.39, 0.29) is 24.3 Å². The number of nitrogens with one attached hydrogen (secondary N) is 1. The molecule has 0 radical (unpaired) electrons. The van der Waals surface area contributed by atoms with Gasteiger partial charge in [0.25, 0.3) is 11.8 Å². The topological polar surface area (TPSA) is 101 Å². The summed E-state index contributed by atoms with van der Waals surface area (Å²) in [6.07, 6.45) is 4.17. The largest absolute Gasteiger partial charge is 0.497 e. The highest BCUT2D eigenvalue weighted by molar-refractivity contribution is 5.98. The highest BCUT2D eigenvalue weighted by Crippen LogP contribution is 2.39. The summed E-state index contributed by atoms with van der Waals surface area (Å²) < 4.78 is 11.5. The summed E-state index contributed by atoms with van der Waals surface area (Å²) in [5.41, 5.74) is 1.98. The number of piperidine rings is 1. The second kappa shape index (κ2) is 11.2. The fourth-order valence-corrected chi connectivity index (χ4v) is 5.19. The van der Waals surface area contributed by atoms with E-state index in [1.165, 1.54) is 0 Å². The number of hydrogen-bond donors (Lipinski definition) is 1. The lowest BCUT2D eigenvalue weighted by Gasteiger charge is -2.44. The highest BCUT2D eigenvalue weighted by Gasteiger charge is 2.54. The van der Waals surface area contributed by atoms with Crippen molar-refractivity contribution < 1.29 is 23.9 Å². The number of likely N-dealkylation sites (tertiary alicyclic amines) is 1. The molecular formula is C30H32N4O5. The van der Waals surface area contributed by atoms with Crippen LogP contribution in [-0.4, -0.2) is 71.1 Å². The Hall–Kier alpha value is -4.24. The molecule has 2 aliphatic rings. The molecule has 39 heavy (non-hydrogen) atoms. The first kappa shape index (κ1) is 26.4. The molecule has 0 saturated carbocycles. The van der Waals surface area contributed by atoms with Crippen molar-refractivity contribution in [1.82, 2.24) is 20.1 Å². The Kier molecular flexibility index (Phi) is 7.60. The van der Waals surface area contributed by atoms with E-state index in [9.17, 15) is 14.4 Å². The number of carbonyl (C=O) groups is 3. The maximum Gasteiger partial charge on any atom is 0.256 e. The van der Waals surface area contributed by atoms with Crippen LogP contribution in [0.4, 0.5) is 0 Å². The second-order valence-electron chi connectivity index (χ2n) is 9.91. The SMILES string of the molecule is COc1ccc(C(=O)N2CCC3(CC2)OC[C@@H](C(=O)NCc2cccnc2)N3C(=O)c2ccc(C)cc2)cc1. The van der Waals surface area contributed by atoms with Gasteiger partial charge in [-0.2, -0.15) is 0 Å². The van der Waals surface area contributed by atoms with Gasteiger partial charge >= 0.3 is 0 Å². The van der Waals surface area contributed by atoms with Gasteiger partial charge in [0.2, 0.25) is 5.91 Å². The van der Waals surface area contributed by atoms with Crippen molar-refractivity contribution in [3.05, 3.63) is 95.3 Å². The Morgan fingerprint density at radius 2 is 1.67 bits per heavy atom. The number of benzene rings is 2. The first-order chi connectivity index (χ1) is 18.9. The molecule has 9 heteroatoms. The number of methoxy groups -OCH3 is 1. The lowest BCUT2D eigenvalue weighted by Crippen LogP contribution is -2.59. The summed E-state index contributed by atoms with van der Waals surface area (Å²) in [4.78, 5) is 47.9. The zero-order valence-corrected chi connectivity index (χ0v) is 22.1. The minimum atomic E-state index is -0.977. The number of rotatable bonds is 6. The number of aromatic nitrogens is 1. The molecule has 2 aromatic carbocycles. The van der Waals surface area contributed by atoms with Crippen LogP contribution >= 0.6 is 0 Å². The van der Waals surface area contributed by atoms with Crippen molar-refractivity contribution in [2.24, 2.45) is 0 Å². The molecule has 3 aromatic rings. The van der Waals surface area contributed by atoms with Crippen LogP contribution < -0.4 is 10.1 Å². The third-order valence-electron chi connectivity index (χ3n) is 7.44. The average Bonchev–Trinajstić information content (AvgIpc) is 3.35. The highest BCUT2D eigenvalue weighted by atomic mass is 16.5. The zero-order valence-electron chi connectivity index (χ0n) is 22.1. The van der Waals surface area contributed by atoms with Gasteiger partial charge in [-0.25, -0.2) is 0 Å². The molecule has 1 N–H and O–H groups in total. The molecule has 2 fully saturated rings. The summed E-state index contributed by atoms with van der Waals surface area (Å²) in [5.74, 6) is 0.0474. The molecule has 202 valence electrons. The van der Waals surface area contributed by atoms with Crippen molar-refractivity contribution in [1.29, 1.82) is 0 Å². The van der Waals surface area contributed by atoms with E-state index in [1.54, 1.807) is 65.7 Å². The zero-order chi connectivity index (χ0) is 27.4. The van der Waals surface area contributed by atoms with Gasteiger partial charge in [-0.15, -0.1) is 0 Å². The Morgan fingerprint density at radius 1 is 1.00 bits per heavy atom. The van der Waals surface area contributed by atoms with Crippen LogP contribution in [0.5, 0.6) is 5.75 Å². The second-order valence-corrected chi connectivity index (χ2v) is 9.91. The Labute approximate surface area is 227 Å². The van der Waals surface area contributed by atoms with Crippen LogP contribution in [0.25, 0.3) is 0 Å². The normalized spacial score (nSPS) is 18.2. The number of hydrogen-bond acceptors (Lipinski definition) is 6. The van der Waals surface area contributed by atoms with Gasteiger partial charge in [0.15, 0.2) is 0 Å². The summed E-state index contributed by atoms with van der Waals surface area (Å²) in [6, 6.07) is 17.2. The first-order valence-corrected chi connectivity index (χ1v) is 13.0. The van der Waals surface area contributed by atoms with Gasteiger partial charge < -0.3 is 19.7 Å². The van der Waals surface area contributed by atoms with Gasteiger partial charge in [0, 0.05) is 56.0 Å². The maximum absolute atomic E-state index is 13.9. The van der Waals surface area contributed by atoms with Gasteiger partial charge in [0.05, 0.1) is 13.7 Å². The van der Waals surface area contributed by atoms with Crippen molar-refractivity contribution in [3.63, 3.8) is 0 Å². The average molecular weight is 529 g/mol. The molecule has 5 rings (SSSR count). The number of ether oxygens (including phenoxy) is 2. The number of carbonyl (C=O) groups excluding carboxylic acids is 3. The van der Waals surface area contributed by atoms with E-state index in [2.05, 4.69) is 10.3 Å². The van der Waals surface area contributed by atoms with E-state index >= 15 is 0 Å². The van der Waals surface area contributed by atoms with Crippen LogP contribution in [-0.2, 0) is 16.1 Å². The third-order valence-corrected chi connectivity index (χ3v) is 7.44. The molecule has 0 unspecified atom stereocenters. The van der Waals surface area contributed by atoms with Crippen molar-refractivity contribution in [2.75, 3.05) is 26.8 Å². The summed E-state index contributed by atoms with van der Waals surface area (Å²) >= 11 is 0. The van der Waals surface area contributed by atoms with Gasteiger partial charge in [-0.3, -0.25) is 24.3 Å². The van der Waals surface area contributed by atoms with E-state index < -0.39 is 11.8 Å². The molecule has 3 amide bonds. The standard InChI is InChI=1S/C30H32N4O5/c1-21-5-7-24(8-6-21)29(37)34-26(27(35)32-19-22-4-3-15-31-18-22)20-39-30(34)13-16-33(17-14-30)28(36)23-9-11-25(38-2)12-10-23/h3-12,15,18,26H,13-14,16-17,19-20H2,1-2H3,(H,32,35)/t26-/m0/s1. The van der Waals surface area contributed by atoms with Crippen LogP contribution in [0.2, 0.25) is 0 Å². The van der Waals surface area contributed by atoms with Crippen molar-refractivity contribution in [2.45, 2.75) is 38.1 Å². The van der Waals surface area contributed by atoms with Crippen LogP contribution in [0, 0.1) is 6.92 Å². The molecule has 1 aromatic heterocycles. The summed E-state index contributed by atoms with van der Waals surface area (Å²) in [7, 11) is 1.58. The molecule has 3 heterocycles. The molecule has 1 atom stereocenters. The molecule has 0 bridgehead atoms. The fourth-order valence-electron chi connectivity index (χ4n) is 5.19. The van der Waals surface area contributed by atoms with E-state index in [4.69, 9.17) is 9.47 Å². The quantitative estimate of drug-likeness (QED) is 0.528. The molecule has 2 aliphatic heterocycles. The molecule has 0 aliphatic carbocycles. The molecule has 1 spiro atoms. The van der Waals surface area contributed by atoms with Crippen molar-refractivity contribution >= 4 is 17.7 Å². The maximum atomic E-state index is 13.9. The first-order valence-electron chi connectivity index (χ1n) is 13.0. The number of nitrogens with zero attached hydrogens (tertiary/aromatic N) is 3. The number of pyridine rings is 1. The fraction of sp³-hybridized carbons (Fsp3) is 0.333. The van der Waals surface area contributed by atoms with E-state index in [0.717, 1.165) is 11.1 Å². The monoisotopic (exact) mass is 528 g/mol. The molecule has 2 saturated heterocycles. The van der Waals surface area contributed by atoms with Crippen molar-refractivity contribution in [3.8, 4) is 5.75 Å². The Morgan fingerprint density at radius 3 is 2.31 bits per heavy atom. The van der Waals surface area contributed by atoms with Crippen LogP contribution in [0.1, 0.15) is 44.7 Å². The summed E-state index contributed by atoms with van der Waals surface area (Å²) in [5, 5.41) is 2.94. The summed E-state index contributed by atoms with van der Waals surface area (Å²) in [6.45, 7) is 3.13. The van der Waals surface area contributed by atoms with Crippen LogP contribution in [0.15, 0.2) is 73.1 Å². The molecule has 9 nitrogen and oxygen atoms in total. The minimum absolute atomic E-state index is 0.0862. The smallest absolute Gasteiger partial charge is 0.256 e. The Balaban J connectivity index is 1.34. The van der Waals surface area contributed by atoms with E-state index in [0.29, 0.717) is 49.4 Å². The van der Waals surface area contributed by atoms with Gasteiger partial charge in [-0.1, -0.05) is 23.8 Å². The Bertz CT molecular complexity index is 1320. The van der Waals surface area contributed by atoms with Crippen LogP contribution in [0.3, 0.4) is 0 Å². The lowest BCUT2D eigenvalue weighted by molar-refractivity contribution is -0.128. The number of aryl methyl sites for hydroxylation is 1. The lowest BCUT2D eigenvalue weighted by atomic mass is 9.96. The minimum Gasteiger partial charge on any atom is -0.497 e. The predicted molar refractivity (Wildman–Crippen MR) is 144 cm³/mol.